The van der Waals surface area contributed by atoms with E-state index in [1.807, 2.05) is 30.3 Å². The van der Waals surface area contributed by atoms with E-state index >= 15 is 0 Å². The highest BCUT2D eigenvalue weighted by Gasteiger charge is 2.45. The molecular formula is C18H20O5. The minimum absolute atomic E-state index is 0.0768. The third-order valence-corrected chi connectivity index (χ3v) is 4.24. The van der Waals surface area contributed by atoms with Crippen LogP contribution in [0.4, 0.5) is 0 Å². The van der Waals surface area contributed by atoms with E-state index in [9.17, 15) is 4.79 Å². The number of benzene rings is 1. The van der Waals surface area contributed by atoms with Crippen molar-refractivity contribution in [3.63, 3.8) is 0 Å². The highest BCUT2D eigenvalue weighted by Crippen LogP contribution is 2.42. The van der Waals surface area contributed by atoms with Crippen LogP contribution in [0, 0.1) is 5.92 Å². The zero-order valence-electron chi connectivity index (χ0n) is 13.4. The summed E-state index contributed by atoms with van der Waals surface area (Å²) in [7, 11) is 4.66. The molecule has 23 heavy (non-hydrogen) atoms. The molecule has 2 aliphatic rings. The van der Waals surface area contributed by atoms with Gasteiger partial charge in [0.2, 0.25) is 0 Å². The first-order chi connectivity index (χ1) is 11.2. The largest absolute Gasteiger partial charge is 0.493 e. The minimum atomic E-state index is -0.492. The summed E-state index contributed by atoms with van der Waals surface area (Å²) in [4.78, 5) is 12.7. The Balaban J connectivity index is 2.02. The molecule has 0 bridgehead atoms. The van der Waals surface area contributed by atoms with Crippen molar-refractivity contribution in [2.45, 2.75) is 18.6 Å². The fourth-order valence-electron chi connectivity index (χ4n) is 3.11. The van der Waals surface area contributed by atoms with Crippen molar-refractivity contribution in [3.8, 4) is 0 Å². The first-order valence-corrected chi connectivity index (χ1v) is 7.51. The maximum absolute atomic E-state index is 12.7. The highest BCUT2D eigenvalue weighted by molar-refractivity contribution is 5.86. The number of ether oxygens (including phenoxy) is 4. The molecule has 3 atom stereocenters. The lowest BCUT2D eigenvalue weighted by Gasteiger charge is -2.37. The Kier molecular flexibility index (Phi) is 4.39. The lowest BCUT2D eigenvalue weighted by Crippen LogP contribution is -2.40. The monoisotopic (exact) mass is 316 g/mol. The zero-order chi connectivity index (χ0) is 16.4. The Bertz CT molecular complexity index is 647. The van der Waals surface area contributed by atoms with Crippen molar-refractivity contribution in [2.24, 2.45) is 5.92 Å². The second-order valence-corrected chi connectivity index (χ2v) is 5.50. The quantitative estimate of drug-likeness (QED) is 0.855. The molecule has 0 radical (unpaired) electrons. The van der Waals surface area contributed by atoms with Gasteiger partial charge in [0.15, 0.2) is 23.1 Å². The van der Waals surface area contributed by atoms with Crippen molar-refractivity contribution >= 4 is 5.78 Å². The first kappa shape index (κ1) is 15.6. The molecule has 0 spiro atoms. The van der Waals surface area contributed by atoms with Gasteiger partial charge in [-0.15, -0.1) is 0 Å². The van der Waals surface area contributed by atoms with Gasteiger partial charge in [0.05, 0.1) is 20.3 Å². The van der Waals surface area contributed by atoms with Crippen LogP contribution in [-0.2, 0) is 23.7 Å². The summed E-state index contributed by atoms with van der Waals surface area (Å²) < 4.78 is 22.4. The van der Waals surface area contributed by atoms with Crippen molar-refractivity contribution in [1.29, 1.82) is 0 Å². The van der Waals surface area contributed by atoms with Gasteiger partial charge >= 0.3 is 0 Å². The molecule has 1 aliphatic carbocycles. The van der Waals surface area contributed by atoms with Gasteiger partial charge in [0.1, 0.15) is 12.0 Å². The second-order valence-electron chi connectivity index (χ2n) is 5.50. The van der Waals surface area contributed by atoms with Gasteiger partial charge in [0, 0.05) is 13.5 Å². The molecule has 0 amide bonds. The Hall–Kier alpha value is -2.27. The number of methoxy groups -OCH3 is 3. The maximum atomic E-state index is 12.7. The standard InChI is InChI=1S/C18H20O5/c1-20-14-10-15(21-2)17(22-3)18-16(14)12(19)9-13(23-18)11-7-5-4-6-8-11/h4-8,10,13-14,16H,9H2,1-3H3/t13-,14?,16?/m0/s1. The van der Waals surface area contributed by atoms with Gasteiger partial charge in [-0.1, -0.05) is 30.3 Å². The summed E-state index contributed by atoms with van der Waals surface area (Å²) in [5, 5.41) is 0. The van der Waals surface area contributed by atoms with Crippen LogP contribution < -0.4 is 0 Å². The van der Waals surface area contributed by atoms with Crippen LogP contribution in [0.1, 0.15) is 18.1 Å². The summed E-state index contributed by atoms with van der Waals surface area (Å²) in [6, 6.07) is 9.70. The third-order valence-electron chi connectivity index (χ3n) is 4.24. The molecule has 2 unspecified atom stereocenters. The van der Waals surface area contributed by atoms with Crippen LogP contribution in [0.2, 0.25) is 0 Å². The van der Waals surface area contributed by atoms with Crippen LogP contribution in [-0.4, -0.2) is 33.2 Å². The summed E-state index contributed by atoms with van der Waals surface area (Å²) in [6.45, 7) is 0. The molecule has 0 saturated carbocycles. The molecule has 1 fully saturated rings. The third kappa shape index (κ3) is 2.72. The number of Topliss-reactive ketones (excluding diaryl/α,β-unsaturated/α-hetero) is 1. The summed E-state index contributed by atoms with van der Waals surface area (Å²) in [6.07, 6.45) is 1.33. The lowest BCUT2D eigenvalue weighted by atomic mass is 9.83. The molecule has 1 aromatic carbocycles. The van der Waals surface area contributed by atoms with Crippen molar-refractivity contribution in [2.75, 3.05) is 21.3 Å². The topological polar surface area (TPSA) is 54.0 Å². The van der Waals surface area contributed by atoms with E-state index in [0.717, 1.165) is 5.56 Å². The van der Waals surface area contributed by atoms with Gasteiger partial charge in [0.25, 0.3) is 0 Å². The van der Waals surface area contributed by atoms with Crippen LogP contribution >= 0.6 is 0 Å². The Labute approximate surface area is 135 Å². The van der Waals surface area contributed by atoms with Gasteiger partial charge in [-0.25, -0.2) is 0 Å². The molecule has 0 aromatic heterocycles. The molecule has 0 N–H and O–H groups in total. The summed E-state index contributed by atoms with van der Waals surface area (Å²) >= 11 is 0. The van der Waals surface area contributed by atoms with Gasteiger partial charge in [-0.05, 0) is 11.6 Å². The maximum Gasteiger partial charge on any atom is 0.199 e. The van der Waals surface area contributed by atoms with Crippen LogP contribution in [0.3, 0.4) is 0 Å². The number of ketones is 1. The number of rotatable bonds is 4. The van der Waals surface area contributed by atoms with E-state index in [2.05, 4.69) is 0 Å². The van der Waals surface area contributed by atoms with E-state index in [0.29, 0.717) is 23.7 Å². The van der Waals surface area contributed by atoms with Crippen LogP contribution in [0.15, 0.2) is 53.7 Å². The van der Waals surface area contributed by atoms with Crippen molar-refractivity contribution in [1.82, 2.24) is 0 Å². The first-order valence-electron chi connectivity index (χ1n) is 7.51. The van der Waals surface area contributed by atoms with E-state index in [1.54, 1.807) is 27.4 Å². The van der Waals surface area contributed by atoms with Crippen molar-refractivity contribution < 1.29 is 23.7 Å². The lowest BCUT2D eigenvalue weighted by molar-refractivity contribution is -0.135. The number of carbonyl (C=O) groups is 1. The zero-order valence-corrected chi connectivity index (χ0v) is 13.4. The van der Waals surface area contributed by atoms with E-state index in [-0.39, 0.29) is 11.9 Å². The SMILES string of the molecule is COC1=CC(OC)C2C(=O)C[C@@H](c3ccccc3)OC2=C1OC. The summed E-state index contributed by atoms with van der Waals surface area (Å²) in [5.74, 6) is 1.05. The predicted octanol–water partition coefficient (Wildman–Crippen LogP) is 2.75. The van der Waals surface area contributed by atoms with E-state index in [4.69, 9.17) is 18.9 Å². The van der Waals surface area contributed by atoms with Gasteiger partial charge in [-0.2, -0.15) is 0 Å². The predicted molar refractivity (Wildman–Crippen MR) is 83.3 cm³/mol. The number of fused-ring (bicyclic) bond motifs is 1. The molecule has 5 heteroatoms. The molecule has 1 aliphatic heterocycles. The minimum Gasteiger partial charge on any atom is -0.493 e. The van der Waals surface area contributed by atoms with E-state index < -0.39 is 12.0 Å². The fraction of sp³-hybridized carbons (Fsp3) is 0.389. The normalized spacial score (nSPS) is 27.0. The molecule has 5 nitrogen and oxygen atoms in total. The van der Waals surface area contributed by atoms with Gasteiger partial charge in [-0.3, -0.25) is 4.79 Å². The number of hydrogen-bond donors (Lipinski definition) is 0. The Morgan fingerprint density at radius 3 is 2.43 bits per heavy atom. The Morgan fingerprint density at radius 1 is 1.09 bits per heavy atom. The van der Waals surface area contributed by atoms with E-state index in [1.165, 1.54) is 0 Å². The second kappa shape index (κ2) is 6.46. The molecule has 3 rings (SSSR count). The molecule has 1 aromatic rings. The Morgan fingerprint density at radius 2 is 1.83 bits per heavy atom. The fourth-order valence-corrected chi connectivity index (χ4v) is 3.11. The molecular weight excluding hydrogens is 296 g/mol. The smallest absolute Gasteiger partial charge is 0.199 e. The van der Waals surface area contributed by atoms with Crippen LogP contribution in [0.5, 0.6) is 0 Å². The number of carbonyl (C=O) groups excluding carboxylic acids is 1. The average Bonchev–Trinajstić information content (AvgIpc) is 2.60. The van der Waals surface area contributed by atoms with Gasteiger partial charge < -0.3 is 18.9 Å². The average molecular weight is 316 g/mol. The summed E-state index contributed by atoms with van der Waals surface area (Å²) in [5.41, 5.74) is 0.963. The molecule has 1 saturated heterocycles. The number of hydrogen-bond acceptors (Lipinski definition) is 5. The highest BCUT2D eigenvalue weighted by atomic mass is 16.5. The van der Waals surface area contributed by atoms with Crippen molar-refractivity contribution in [3.05, 3.63) is 59.2 Å². The molecule has 122 valence electrons. The molecule has 1 heterocycles. The van der Waals surface area contributed by atoms with Crippen LogP contribution in [0.25, 0.3) is 0 Å².